The zero-order valence-electron chi connectivity index (χ0n) is 29.5. The maximum atomic E-state index is 12.9. The second-order valence-electron chi connectivity index (χ2n) is 12.6. The Kier molecular flexibility index (Phi) is 19.0. The van der Waals surface area contributed by atoms with Crippen LogP contribution in [0.5, 0.6) is 0 Å². The molecule has 0 aliphatic rings. The molecule has 6 heteroatoms. The van der Waals surface area contributed by atoms with Crippen molar-refractivity contribution in [3.8, 4) is 0 Å². The molecule has 0 saturated carbocycles. The molecule has 0 aliphatic heterocycles. The highest BCUT2D eigenvalue weighted by atomic mass is 16.6. The molecule has 0 saturated heterocycles. The second-order valence-corrected chi connectivity index (χ2v) is 12.6. The summed E-state index contributed by atoms with van der Waals surface area (Å²) in [4.78, 5) is 38.0. The van der Waals surface area contributed by atoms with Crippen molar-refractivity contribution in [1.82, 2.24) is 5.32 Å². The van der Waals surface area contributed by atoms with Gasteiger partial charge in [0.05, 0.1) is 0 Å². The van der Waals surface area contributed by atoms with Crippen LogP contribution in [0.15, 0.2) is 119 Å². The molecule has 0 bridgehead atoms. The predicted molar refractivity (Wildman–Crippen MR) is 197 cm³/mol. The summed E-state index contributed by atoms with van der Waals surface area (Å²) >= 11 is 0. The van der Waals surface area contributed by atoms with Gasteiger partial charge in [0.2, 0.25) is 6.10 Å². The van der Waals surface area contributed by atoms with Crippen molar-refractivity contribution in [2.24, 2.45) is 0 Å². The summed E-state index contributed by atoms with van der Waals surface area (Å²) in [5.41, 5.74) is 6.25. The Labute approximate surface area is 288 Å². The predicted octanol–water partition coefficient (Wildman–Crippen LogP) is 10.4. The number of carbonyl (C=O) groups is 3. The van der Waals surface area contributed by atoms with Crippen LogP contribution in [-0.4, -0.2) is 29.1 Å². The third kappa shape index (κ3) is 16.9. The lowest BCUT2D eigenvalue weighted by Crippen LogP contribution is -2.43. The van der Waals surface area contributed by atoms with Gasteiger partial charge in [0.1, 0.15) is 6.04 Å². The Morgan fingerprint density at radius 1 is 0.646 bits per heavy atom. The summed E-state index contributed by atoms with van der Waals surface area (Å²) in [7, 11) is 0. The Balaban J connectivity index is 1.76. The maximum absolute atomic E-state index is 12.9. The zero-order chi connectivity index (χ0) is 35.1. The number of carboxylic acids is 1. The van der Waals surface area contributed by atoms with Crippen molar-refractivity contribution >= 4 is 17.8 Å². The lowest BCUT2D eigenvalue weighted by Gasteiger charge is -2.25. The molecule has 2 aromatic carbocycles. The van der Waals surface area contributed by atoms with Crippen molar-refractivity contribution < 1.29 is 24.2 Å². The molecule has 0 aliphatic carbocycles. The van der Waals surface area contributed by atoms with Gasteiger partial charge < -0.3 is 15.2 Å². The molecular weight excluding hydrogens is 598 g/mol. The largest absolute Gasteiger partial charge is 0.478 e. The number of ether oxygens (including phenoxy) is 1. The van der Waals surface area contributed by atoms with Crippen LogP contribution in [0.4, 0.5) is 0 Å². The molecule has 0 fully saturated rings. The van der Waals surface area contributed by atoms with E-state index in [1.165, 1.54) is 16.7 Å². The van der Waals surface area contributed by atoms with Crippen LogP contribution < -0.4 is 5.32 Å². The normalized spacial score (nSPS) is 13.6. The summed E-state index contributed by atoms with van der Waals surface area (Å²) in [5, 5.41) is 12.8. The van der Waals surface area contributed by atoms with E-state index in [2.05, 4.69) is 69.5 Å². The van der Waals surface area contributed by atoms with Gasteiger partial charge in [-0.05, 0) is 110 Å². The van der Waals surface area contributed by atoms with E-state index in [4.69, 9.17) is 4.74 Å². The minimum atomic E-state index is -1.58. The highest BCUT2D eigenvalue weighted by Crippen LogP contribution is 2.22. The average molecular weight is 654 g/mol. The van der Waals surface area contributed by atoms with Gasteiger partial charge in [-0.15, -0.1) is 0 Å². The van der Waals surface area contributed by atoms with Crippen molar-refractivity contribution in [3.05, 3.63) is 131 Å². The molecule has 6 nitrogen and oxygen atoms in total. The number of carbonyl (C=O) groups excluding carboxylic acids is 2. The first-order chi connectivity index (χ1) is 23.1. The van der Waals surface area contributed by atoms with Crippen LogP contribution in [0.3, 0.4) is 0 Å². The average Bonchev–Trinajstić information content (AvgIpc) is 3.07. The number of hydrogen-bond donors (Lipinski definition) is 2. The first-order valence-electron chi connectivity index (χ1n) is 17.1. The van der Waals surface area contributed by atoms with Gasteiger partial charge in [-0.1, -0.05) is 107 Å². The molecule has 1 amide bonds. The number of nitrogens with one attached hydrogen (secondary N) is 1. The fourth-order valence-electron chi connectivity index (χ4n) is 5.10. The van der Waals surface area contributed by atoms with Gasteiger partial charge in [0.25, 0.3) is 5.91 Å². The first kappa shape index (κ1) is 39.7. The third-order valence-corrected chi connectivity index (χ3v) is 7.95. The summed E-state index contributed by atoms with van der Waals surface area (Å²) in [6, 6.07) is 16.1. The first-order valence-corrected chi connectivity index (χ1v) is 17.1. The number of allylic oxidation sites excluding steroid dienone is 10. The number of rotatable bonds is 21. The molecule has 258 valence electrons. The van der Waals surface area contributed by atoms with E-state index in [0.29, 0.717) is 17.5 Å². The SMILES string of the molecule is CC(C)=CCC/C(C)=C/CC/C(C)=C/CC/C=C/CC/C=C(\C)CCC(=O)OC(C(=O)O)[C@@H](NC(=O)c1ccccc1)c1ccccc1. The zero-order valence-corrected chi connectivity index (χ0v) is 29.5. The van der Waals surface area contributed by atoms with Crippen LogP contribution in [-0.2, 0) is 14.3 Å². The number of amides is 1. The van der Waals surface area contributed by atoms with Gasteiger partial charge in [0.15, 0.2) is 0 Å². The van der Waals surface area contributed by atoms with E-state index in [-0.39, 0.29) is 6.42 Å². The molecule has 0 aromatic heterocycles. The van der Waals surface area contributed by atoms with E-state index in [9.17, 15) is 19.5 Å². The maximum Gasteiger partial charge on any atom is 0.347 e. The second kappa shape index (κ2) is 23.0. The Morgan fingerprint density at radius 2 is 1.15 bits per heavy atom. The summed E-state index contributed by atoms with van der Waals surface area (Å²) in [6.07, 6.45) is 20.8. The lowest BCUT2D eigenvalue weighted by molar-refractivity contribution is -0.166. The van der Waals surface area contributed by atoms with Gasteiger partial charge in [-0.3, -0.25) is 9.59 Å². The van der Waals surface area contributed by atoms with Gasteiger partial charge in [0, 0.05) is 12.0 Å². The van der Waals surface area contributed by atoms with E-state index in [1.807, 2.05) is 6.92 Å². The smallest absolute Gasteiger partial charge is 0.347 e. The molecule has 0 heterocycles. The highest BCUT2D eigenvalue weighted by molar-refractivity contribution is 5.95. The summed E-state index contributed by atoms with van der Waals surface area (Å²) in [6.45, 7) is 10.7. The summed E-state index contributed by atoms with van der Waals surface area (Å²) < 4.78 is 5.47. The molecular formula is C42H55NO5. The summed E-state index contributed by atoms with van der Waals surface area (Å²) in [5.74, 6) is -2.41. The van der Waals surface area contributed by atoms with E-state index < -0.39 is 30.0 Å². The molecule has 2 N–H and O–H groups in total. The van der Waals surface area contributed by atoms with Gasteiger partial charge in [-0.25, -0.2) is 4.79 Å². The minimum absolute atomic E-state index is 0.0486. The van der Waals surface area contributed by atoms with Gasteiger partial charge >= 0.3 is 11.9 Å². The quantitative estimate of drug-likeness (QED) is 0.0794. The van der Waals surface area contributed by atoms with Crippen LogP contribution >= 0.6 is 0 Å². The Morgan fingerprint density at radius 3 is 1.69 bits per heavy atom. The van der Waals surface area contributed by atoms with Crippen molar-refractivity contribution in [3.63, 3.8) is 0 Å². The molecule has 2 atom stereocenters. The number of carboxylic acid groups (broad SMARTS) is 1. The number of aliphatic carboxylic acids is 1. The molecule has 2 aromatic rings. The molecule has 2 rings (SSSR count). The van der Waals surface area contributed by atoms with E-state index >= 15 is 0 Å². The molecule has 1 unspecified atom stereocenters. The standard InChI is InChI=1S/C42H55NO5/c1-32(2)20-18-23-34(4)25-19-24-33(3)21-12-8-6-7-9-13-22-35(5)30-31-38(44)48-40(42(46)47)39(36-26-14-10-15-27-36)43-41(45)37-28-16-11-17-29-37/h6-7,10-11,14-17,20-22,25-29,39-40H,8-9,12-13,18-19,23-24,30-31H2,1-5H3,(H,43,45)(H,46,47)/b7-6+,33-21+,34-25+,35-22+/t39-,40?/m0/s1. The van der Waals surface area contributed by atoms with Crippen molar-refractivity contribution in [1.29, 1.82) is 0 Å². The third-order valence-electron chi connectivity index (χ3n) is 7.95. The monoisotopic (exact) mass is 653 g/mol. The van der Waals surface area contributed by atoms with Gasteiger partial charge in [-0.2, -0.15) is 0 Å². The fourth-order valence-corrected chi connectivity index (χ4v) is 5.10. The topological polar surface area (TPSA) is 92.7 Å². The number of unbranched alkanes of at least 4 members (excludes halogenated alkanes) is 2. The van der Waals surface area contributed by atoms with Crippen LogP contribution in [0, 0.1) is 0 Å². The van der Waals surface area contributed by atoms with Crippen LogP contribution in [0.1, 0.15) is 121 Å². The minimum Gasteiger partial charge on any atom is -0.478 e. The van der Waals surface area contributed by atoms with Crippen LogP contribution in [0.25, 0.3) is 0 Å². The van der Waals surface area contributed by atoms with E-state index in [1.54, 1.807) is 60.7 Å². The van der Waals surface area contributed by atoms with Crippen molar-refractivity contribution in [2.75, 3.05) is 0 Å². The Bertz CT molecular complexity index is 1430. The molecule has 0 radical (unpaired) electrons. The van der Waals surface area contributed by atoms with Crippen LogP contribution in [0.2, 0.25) is 0 Å². The lowest BCUT2D eigenvalue weighted by atomic mass is 10.0. The fraction of sp³-hybridized carbons (Fsp3) is 0.405. The van der Waals surface area contributed by atoms with E-state index in [0.717, 1.165) is 56.9 Å². The Hall–Kier alpha value is -4.45. The van der Waals surface area contributed by atoms with Crippen molar-refractivity contribution in [2.45, 2.75) is 111 Å². The highest BCUT2D eigenvalue weighted by Gasteiger charge is 2.34. The molecule has 48 heavy (non-hydrogen) atoms. The molecule has 0 spiro atoms. The number of hydrogen-bond acceptors (Lipinski definition) is 4. The number of benzene rings is 2. The number of esters is 1.